The number of amides is 1. The fourth-order valence-electron chi connectivity index (χ4n) is 2.91. The number of ether oxygens (including phenoxy) is 2. The predicted molar refractivity (Wildman–Crippen MR) is 106 cm³/mol. The molecule has 2 aromatic rings. The molecule has 0 spiro atoms. The molecule has 146 valence electrons. The zero-order valence-corrected chi connectivity index (χ0v) is 16.6. The van der Waals surface area contributed by atoms with Crippen LogP contribution >= 0.6 is 0 Å². The van der Waals surface area contributed by atoms with Gasteiger partial charge in [-0.25, -0.2) is 14.8 Å². The highest BCUT2D eigenvalue weighted by molar-refractivity contribution is 5.84. The van der Waals surface area contributed by atoms with Gasteiger partial charge in [-0.1, -0.05) is 13.8 Å². The minimum atomic E-state index is -0.571. The first kappa shape index (κ1) is 20.6. The molecule has 1 atom stereocenters. The summed E-state index contributed by atoms with van der Waals surface area (Å²) in [4.78, 5) is 20.0. The Morgan fingerprint density at radius 2 is 2.07 bits per heavy atom. The highest BCUT2D eigenvalue weighted by Gasteiger charge is 2.21. The summed E-state index contributed by atoms with van der Waals surface area (Å²) < 4.78 is 10.5. The average molecular weight is 372 g/mol. The molecule has 0 radical (unpaired) electrons. The molecule has 0 aliphatic heterocycles. The Morgan fingerprint density at radius 3 is 2.70 bits per heavy atom. The molecular formula is C20H28N4O3. The van der Waals surface area contributed by atoms with Crippen LogP contribution in [0.4, 0.5) is 10.6 Å². The molecule has 0 bridgehead atoms. The van der Waals surface area contributed by atoms with Crippen LogP contribution in [0.3, 0.4) is 0 Å². The first-order valence-electron chi connectivity index (χ1n) is 8.91. The molecule has 1 amide bonds. The number of aryl methyl sites for hydroxylation is 1. The summed E-state index contributed by atoms with van der Waals surface area (Å²) in [6.07, 6.45) is 1.91. The number of carbonyl (C=O) groups is 1. The Bertz CT molecular complexity index is 791. The number of rotatable bonds is 7. The number of nitrogens with two attached hydrogens (primary N) is 1. The fourth-order valence-corrected chi connectivity index (χ4v) is 2.91. The Kier molecular flexibility index (Phi) is 6.74. The number of methoxy groups -OCH3 is 1. The monoisotopic (exact) mass is 372 g/mol. The van der Waals surface area contributed by atoms with E-state index in [0.29, 0.717) is 24.1 Å². The Balaban J connectivity index is 2.12. The number of nitrogens with one attached hydrogen (secondary N) is 1. The van der Waals surface area contributed by atoms with Crippen molar-refractivity contribution in [1.29, 1.82) is 0 Å². The maximum atomic E-state index is 11.3. The average Bonchev–Trinajstić information content (AvgIpc) is 2.59. The summed E-state index contributed by atoms with van der Waals surface area (Å²) in [5.41, 5.74) is 8.27. The van der Waals surface area contributed by atoms with Crippen LogP contribution in [-0.4, -0.2) is 35.3 Å². The zero-order chi connectivity index (χ0) is 20.0. The van der Waals surface area contributed by atoms with Crippen molar-refractivity contribution in [2.75, 3.05) is 19.0 Å². The number of hydrogen-bond donors (Lipinski definition) is 2. The van der Waals surface area contributed by atoms with Crippen molar-refractivity contribution >= 4 is 11.9 Å². The molecule has 2 heterocycles. The van der Waals surface area contributed by atoms with Gasteiger partial charge in [-0.3, -0.25) is 5.32 Å². The molecule has 0 aromatic carbocycles. The van der Waals surface area contributed by atoms with E-state index in [1.54, 1.807) is 12.3 Å². The van der Waals surface area contributed by atoms with Crippen LogP contribution in [0.1, 0.15) is 32.9 Å². The number of aromatic nitrogens is 2. The van der Waals surface area contributed by atoms with Gasteiger partial charge in [0, 0.05) is 17.3 Å². The van der Waals surface area contributed by atoms with E-state index in [-0.39, 0.29) is 0 Å². The second kappa shape index (κ2) is 8.81. The van der Waals surface area contributed by atoms with Gasteiger partial charge in [0.15, 0.2) is 0 Å². The van der Waals surface area contributed by atoms with Crippen molar-refractivity contribution in [2.24, 2.45) is 11.7 Å². The summed E-state index contributed by atoms with van der Waals surface area (Å²) in [6.45, 7) is 8.60. The molecule has 7 nitrogen and oxygen atoms in total. The minimum Gasteiger partial charge on any atom is -0.490 e. The Morgan fingerprint density at radius 1 is 1.33 bits per heavy atom. The topological polar surface area (TPSA) is 99.4 Å². The van der Waals surface area contributed by atoms with E-state index in [1.165, 1.54) is 7.11 Å². The molecule has 0 fully saturated rings. The SMILES string of the molecule is COC(=O)Nc1cc(-c2ccc(OC[C@@](C)(N)CC(C)C)c(C)n2)ccn1. The highest BCUT2D eigenvalue weighted by Crippen LogP contribution is 2.25. The summed E-state index contributed by atoms with van der Waals surface area (Å²) >= 11 is 0. The maximum Gasteiger partial charge on any atom is 0.412 e. The van der Waals surface area contributed by atoms with Crippen LogP contribution in [0.2, 0.25) is 0 Å². The Labute approximate surface area is 160 Å². The van der Waals surface area contributed by atoms with Crippen molar-refractivity contribution in [3.8, 4) is 17.0 Å². The lowest BCUT2D eigenvalue weighted by molar-refractivity contribution is 0.187. The van der Waals surface area contributed by atoms with E-state index in [9.17, 15) is 4.79 Å². The van der Waals surface area contributed by atoms with Crippen LogP contribution in [0.15, 0.2) is 30.5 Å². The molecule has 0 aliphatic carbocycles. The first-order valence-corrected chi connectivity index (χ1v) is 8.91. The zero-order valence-electron chi connectivity index (χ0n) is 16.6. The first-order chi connectivity index (χ1) is 12.7. The lowest BCUT2D eigenvalue weighted by atomic mass is 9.93. The van der Waals surface area contributed by atoms with E-state index in [4.69, 9.17) is 10.5 Å². The van der Waals surface area contributed by atoms with Crippen LogP contribution in [0, 0.1) is 12.8 Å². The molecule has 2 aromatic heterocycles. The van der Waals surface area contributed by atoms with Crippen molar-refractivity contribution in [2.45, 2.75) is 39.7 Å². The highest BCUT2D eigenvalue weighted by atomic mass is 16.5. The van der Waals surface area contributed by atoms with Gasteiger partial charge in [0.2, 0.25) is 0 Å². The van der Waals surface area contributed by atoms with Crippen molar-refractivity contribution in [3.63, 3.8) is 0 Å². The van der Waals surface area contributed by atoms with E-state index in [1.807, 2.05) is 32.0 Å². The van der Waals surface area contributed by atoms with E-state index in [2.05, 4.69) is 33.9 Å². The number of hydrogen-bond acceptors (Lipinski definition) is 6. The van der Waals surface area contributed by atoms with Gasteiger partial charge in [0.05, 0.1) is 18.5 Å². The smallest absolute Gasteiger partial charge is 0.412 e. The van der Waals surface area contributed by atoms with Gasteiger partial charge in [0.25, 0.3) is 0 Å². The number of nitrogens with zero attached hydrogens (tertiary/aromatic N) is 2. The third kappa shape index (κ3) is 6.21. The van der Waals surface area contributed by atoms with E-state index in [0.717, 1.165) is 23.4 Å². The second-order valence-corrected chi connectivity index (χ2v) is 7.37. The summed E-state index contributed by atoms with van der Waals surface area (Å²) in [7, 11) is 1.30. The van der Waals surface area contributed by atoms with Crippen molar-refractivity contribution in [3.05, 3.63) is 36.2 Å². The third-order valence-electron chi connectivity index (χ3n) is 3.94. The fraction of sp³-hybridized carbons (Fsp3) is 0.450. The van der Waals surface area contributed by atoms with Gasteiger partial charge in [-0.15, -0.1) is 0 Å². The standard InChI is InChI=1S/C20H28N4O3/c1-13(2)11-20(4,21)12-27-17-7-6-16(23-14(17)3)15-8-9-22-18(10-15)24-19(25)26-5/h6-10,13H,11-12,21H2,1-5H3,(H,22,24,25)/t20-/m0/s1. The predicted octanol–water partition coefficient (Wildman–Crippen LogP) is 3.77. The van der Waals surface area contributed by atoms with Gasteiger partial charge < -0.3 is 15.2 Å². The number of carbonyl (C=O) groups excluding carboxylic acids is 1. The molecule has 0 saturated heterocycles. The molecule has 2 rings (SSSR count). The van der Waals surface area contributed by atoms with Crippen LogP contribution in [0.25, 0.3) is 11.3 Å². The lowest BCUT2D eigenvalue weighted by Crippen LogP contribution is -2.43. The van der Waals surface area contributed by atoms with Gasteiger partial charge in [-0.05, 0) is 50.5 Å². The van der Waals surface area contributed by atoms with Gasteiger partial charge in [0.1, 0.15) is 18.2 Å². The van der Waals surface area contributed by atoms with Crippen molar-refractivity contribution < 1.29 is 14.3 Å². The van der Waals surface area contributed by atoms with E-state index < -0.39 is 11.6 Å². The van der Waals surface area contributed by atoms with E-state index >= 15 is 0 Å². The normalized spacial score (nSPS) is 13.1. The Hall–Kier alpha value is -2.67. The van der Waals surface area contributed by atoms with Crippen LogP contribution in [0.5, 0.6) is 5.75 Å². The summed E-state index contributed by atoms with van der Waals surface area (Å²) in [5, 5.41) is 2.54. The molecule has 0 unspecified atom stereocenters. The maximum absolute atomic E-state index is 11.3. The molecular weight excluding hydrogens is 344 g/mol. The molecule has 27 heavy (non-hydrogen) atoms. The molecule has 7 heteroatoms. The van der Waals surface area contributed by atoms with Gasteiger partial charge in [-0.2, -0.15) is 0 Å². The lowest BCUT2D eigenvalue weighted by Gasteiger charge is -2.27. The van der Waals surface area contributed by atoms with Crippen molar-refractivity contribution in [1.82, 2.24) is 9.97 Å². The van der Waals surface area contributed by atoms with Crippen LogP contribution < -0.4 is 15.8 Å². The number of pyridine rings is 2. The third-order valence-corrected chi connectivity index (χ3v) is 3.94. The second-order valence-electron chi connectivity index (χ2n) is 7.37. The number of anilines is 1. The van der Waals surface area contributed by atoms with Crippen LogP contribution in [-0.2, 0) is 4.74 Å². The minimum absolute atomic E-state index is 0.390. The quantitative estimate of drug-likeness (QED) is 0.767. The molecule has 0 saturated carbocycles. The largest absolute Gasteiger partial charge is 0.490 e. The molecule has 3 N–H and O–H groups in total. The molecule has 0 aliphatic rings. The van der Waals surface area contributed by atoms with Gasteiger partial charge >= 0.3 is 6.09 Å². The summed E-state index contributed by atoms with van der Waals surface area (Å²) in [6, 6.07) is 7.32. The summed E-state index contributed by atoms with van der Waals surface area (Å²) in [5.74, 6) is 1.61.